The van der Waals surface area contributed by atoms with E-state index in [1.54, 1.807) is 36.6 Å². The first-order chi connectivity index (χ1) is 9.20. The average Bonchev–Trinajstić information content (AvgIpc) is 2.87. The van der Waals surface area contributed by atoms with Gasteiger partial charge in [0.1, 0.15) is 5.69 Å². The first kappa shape index (κ1) is 13.2. The lowest BCUT2D eigenvalue weighted by atomic mass is 10.1. The summed E-state index contributed by atoms with van der Waals surface area (Å²) >= 11 is 1.18. The Hall–Kier alpha value is -2.21. The summed E-state index contributed by atoms with van der Waals surface area (Å²) in [6, 6.07) is 8.86. The number of nitrogens with one attached hydrogen (secondary N) is 1. The van der Waals surface area contributed by atoms with Gasteiger partial charge in [0.25, 0.3) is 0 Å². The summed E-state index contributed by atoms with van der Waals surface area (Å²) in [4.78, 5) is 27.3. The number of hydrogen-bond donors (Lipinski definition) is 1. The Kier molecular flexibility index (Phi) is 4.25. The summed E-state index contributed by atoms with van der Waals surface area (Å²) in [6.07, 6.45) is -0.574. The zero-order valence-corrected chi connectivity index (χ0v) is 11.1. The summed E-state index contributed by atoms with van der Waals surface area (Å²) in [6.45, 7) is 2.00. The molecule has 1 amide bonds. The maximum Gasteiger partial charge on any atom is 0.413 e. The number of benzene rings is 1. The highest BCUT2D eigenvalue weighted by atomic mass is 32.1. The van der Waals surface area contributed by atoms with Crippen molar-refractivity contribution in [2.45, 2.75) is 6.92 Å². The van der Waals surface area contributed by atoms with Crippen molar-refractivity contribution in [3.63, 3.8) is 0 Å². The molecule has 0 saturated heterocycles. The maximum atomic E-state index is 12.1. The number of nitrogens with zero attached hydrogens (tertiary/aromatic N) is 1. The van der Waals surface area contributed by atoms with Crippen LogP contribution in [0.2, 0.25) is 0 Å². The maximum absolute atomic E-state index is 12.1. The van der Waals surface area contributed by atoms with Gasteiger partial charge in [-0.2, -0.15) is 0 Å². The number of aromatic nitrogens is 1. The van der Waals surface area contributed by atoms with Crippen molar-refractivity contribution in [1.29, 1.82) is 0 Å². The fraction of sp³-hybridized carbons (Fsp3) is 0.154. The molecule has 0 unspecified atom stereocenters. The van der Waals surface area contributed by atoms with Crippen LogP contribution in [-0.2, 0) is 4.74 Å². The second-order valence-corrected chi connectivity index (χ2v) is 4.44. The highest BCUT2D eigenvalue weighted by Gasteiger charge is 2.14. The van der Waals surface area contributed by atoms with Gasteiger partial charge < -0.3 is 4.74 Å². The van der Waals surface area contributed by atoms with E-state index in [1.165, 1.54) is 11.3 Å². The van der Waals surface area contributed by atoms with Crippen LogP contribution in [0.4, 0.5) is 9.93 Å². The largest absolute Gasteiger partial charge is 0.450 e. The number of amides is 1. The van der Waals surface area contributed by atoms with Gasteiger partial charge in [0, 0.05) is 10.9 Å². The number of carbonyl (C=O) groups is 2. The first-order valence-corrected chi connectivity index (χ1v) is 6.57. The Bertz CT molecular complexity index is 581. The molecule has 98 valence electrons. The highest BCUT2D eigenvalue weighted by Crippen LogP contribution is 2.18. The summed E-state index contributed by atoms with van der Waals surface area (Å²) in [7, 11) is 0. The molecule has 0 aliphatic heterocycles. The minimum atomic E-state index is -0.574. The molecule has 2 rings (SSSR count). The molecule has 0 aliphatic carbocycles. The second-order valence-electron chi connectivity index (χ2n) is 3.58. The number of ether oxygens (including phenoxy) is 1. The standard InChI is InChI=1S/C13H12N2O3S/c1-2-18-13(17)15-12-14-10(8-19-12)11(16)9-6-4-3-5-7-9/h3-8H,2H2,1H3,(H,14,15,17). The number of rotatable bonds is 4. The smallest absolute Gasteiger partial charge is 0.413 e. The van der Waals surface area contributed by atoms with E-state index in [4.69, 9.17) is 4.74 Å². The van der Waals surface area contributed by atoms with Crippen LogP contribution in [0.3, 0.4) is 0 Å². The molecule has 1 aromatic carbocycles. The van der Waals surface area contributed by atoms with Gasteiger partial charge in [-0.05, 0) is 6.92 Å². The average molecular weight is 276 g/mol. The number of hydrogen-bond acceptors (Lipinski definition) is 5. The first-order valence-electron chi connectivity index (χ1n) is 5.69. The van der Waals surface area contributed by atoms with E-state index >= 15 is 0 Å². The molecule has 1 aromatic heterocycles. The molecule has 6 heteroatoms. The van der Waals surface area contributed by atoms with Gasteiger partial charge in [-0.3, -0.25) is 10.1 Å². The van der Waals surface area contributed by atoms with Crippen LogP contribution in [0, 0.1) is 0 Å². The summed E-state index contributed by atoms with van der Waals surface area (Å²) in [5.41, 5.74) is 0.874. The van der Waals surface area contributed by atoms with Gasteiger partial charge in [-0.1, -0.05) is 30.3 Å². The van der Waals surface area contributed by atoms with Crippen LogP contribution in [0.25, 0.3) is 0 Å². The molecule has 0 aliphatic rings. The molecule has 2 aromatic rings. The van der Waals surface area contributed by atoms with Crippen molar-refractivity contribution >= 4 is 28.3 Å². The van der Waals surface area contributed by atoms with Crippen molar-refractivity contribution in [2.24, 2.45) is 0 Å². The third-order valence-corrected chi connectivity index (χ3v) is 3.01. The van der Waals surface area contributed by atoms with E-state index in [9.17, 15) is 9.59 Å². The van der Waals surface area contributed by atoms with Crippen LogP contribution in [0.1, 0.15) is 23.0 Å². The normalized spacial score (nSPS) is 9.95. The van der Waals surface area contributed by atoms with E-state index in [-0.39, 0.29) is 12.4 Å². The van der Waals surface area contributed by atoms with Crippen molar-refractivity contribution in [3.8, 4) is 0 Å². The molecule has 0 saturated carbocycles. The minimum Gasteiger partial charge on any atom is -0.450 e. The highest BCUT2D eigenvalue weighted by molar-refractivity contribution is 7.14. The Morgan fingerprint density at radius 1 is 1.32 bits per heavy atom. The molecule has 0 spiro atoms. The minimum absolute atomic E-state index is 0.172. The van der Waals surface area contributed by atoms with Crippen molar-refractivity contribution < 1.29 is 14.3 Å². The Labute approximate surface area is 114 Å². The topological polar surface area (TPSA) is 68.3 Å². The zero-order chi connectivity index (χ0) is 13.7. The third kappa shape index (κ3) is 3.38. The summed E-state index contributed by atoms with van der Waals surface area (Å²) in [5, 5.41) is 4.42. The molecule has 0 radical (unpaired) electrons. The van der Waals surface area contributed by atoms with Gasteiger partial charge in [0.15, 0.2) is 5.13 Å². The van der Waals surface area contributed by atoms with Crippen LogP contribution in [0.15, 0.2) is 35.7 Å². The molecule has 1 heterocycles. The van der Waals surface area contributed by atoms with Crippen LogP contribution in [-0.4, -0.2) is 23.5 Å². The van der Waals surface area contributed by atoms with Gasteiger partial charge in [0.2, 0.25) is 5.78 Å². The number of ketones is 1. The summed E-state index contributed by atoms with van der Waals surface area (Å²) in [5.74, 6) is -0.172. The van der Waals surface area contributed by atoms with Gasteiger partial charge in [-0.25, -0.2) is 9.78 Å². The molecule has 0 atom stereocenters. The van der Waals surface area contributed by atoms with Crippen LogP contribution >= 0.6 is 11.3 Å². The fourth-order valence-electron chi connectivity index (χ4n) is 1.43. The molecule has 1 N–H and O–H groups in total. The fourth-order valence-corrected chi connectivity index (χ4v) is 2.10. The van der Waals surface area contributed by atoms with E-state index in [0.717, 1.165) is 0 Å². The van der Waals surface area contributed by atoms with E-state index in [0.29, 0.717) is 16.4 Å². The number of carbonyl (C=O) groups excluding carboxylic acids is 2. The lowest BCUT2D eigenvalue weighted by molar-refractivity contribution is 0.103. The monoisotopic (exact) mass is 276 g/mol. The predicted molar refractivity (Wildman–Crippen MR) is 72.6 cm³/mol. The van der Waals surface area contributed by atoms with Crippen molar-refractivity contribution in [2.75, 3.05) is 11.9 Å². The lowest BCUT2D eigenvalue weighted by Gasteiger charge is -2.00. The molecule has 5 nitrogen and oxygen atoms in total. The Morgan fingerprint density at radius 3 is 2.74 bits per heavy atom. The second kappa shape index (κ2) is 6.10. The lowest BCUT2D eigenvalue weighted by Crippen LogP contribution is -2.13. The number of thiazole rings is 1. The van der Waals surface area contributed by atoms with E-state index < -0.39 is 6.09 Å². The van der Waals surface area contributed by atoms with E-state index in [2.05, 4.69) is 10.3 Å². The molecule has 0 fully saturated rings. The Balaban J connectivity index is 2.09. The summed E-state index contributed by atoms with van der Waals surface area (Å²) < 4.78 is 4.73. The molecular weight excluding hydrogens is 264 g/mol. The van der Waals surface area contributed by atoms with Crippen molar-refractivity contribution in [3.05, 3.63) is 47.0 Å². The molecular formula is C13H12N2O3S. The predicted octanol–water partition coefficient (Wildman–Crippen LogP) is 2.94. The zero-order valence-electron chi connectivity index (χ0n) is 10.3. The van der Waals surface area contributed by atoms with Gasteiger partial charge in [0.05, 0.1) is 6.61 Å². The van der Waals surface area contributed by atoms with Crippen LogP contribution < -0.4 is 5.32 Å². The third-order valence-electron chi connectivity index (χ3n) is 2.26. The van der Waals surface area contributed by atoms with Gasteiger partial charge >= 0.3 is 6.09 Å². The SMILES string of the molecule is CCOC(=O)Nc1nc(C(=O)c2ccccc2)cs1. The number of anilines is 1. The quantitative estimate of drug-likeness (QED) is 0.872. The Morgan fingerprint density at radius 2 is 2.05 bits per heavy atom. The molecule has 0 bridgehead atoms. The van der Waals surface area contributed by atoms with Crippen molar-refractivity contribution in [1.82, 2.24) is 4.98 Å². The van der Waals surface area contributed by atoms with E-state index in [1.807, 2.05) is 6.07 Å². The van der Waals surface area contributed by atoms with Gasteiger partial charge in [-0.15, -0.1) is 11.3 Å². The van der Waals surface area contributed by atoms with Crippen LogP contribution in [0.5, 0.6) is 0 Å². The molecule has 19 heavy (non-hydrogen) atoms.